The van der Waals surface area contributed by atoms with Gasteiger partial charge >= 0.3 is 0 Å². The van der Waals surface area contributed by atoms with Gasteiger partial charge in [0.1, 0.15) is 12.4 Å². The fourth-order valence-electron chi connectivity index (χ4n) is 2.12. The van der Waals surface area contributed by atoms with Crippen LogP contribution in [-0.4, -0.2) is 13.1 Å². The standard InChI is InChI=1S/C17H21NO/c1-3-18(4-2)16-10-8-9-15(13-16)14-19-17-11-6-5-7-12-17/h5-13H,3-4,14H2,1-2H3. The predicted molar refractivity (Wildman–Crippen MR) is 80.8 cm³/mol. The first-order chi connectivity index (χ1) is 9.33. The maximum Gasteiger partial charge on any atom is 0.119 e. The Hall–Kier alpha value is -1.96. The molecule has 0 atom stereocenters. The van der Waals surface area contributed by atoms with Gasteiger partial charge in [-0.3, -0.25) is 0 Å². The monoisotopic (exact) mass is 255 g/mol. The highest BCUT2D eigenvalue weighted by molar-refractivity contribution is 5.48. The molecule has 0 aromatic heterocycles. The lowest BCUT2D eigenvalue weighted by atomic mass is 10.2. The summed E-state index contributed by atoms with van der Waals surface area (Å²) in [5.41, 5.74) is 2.47. The third-order valence-electron chi connectivity index (χ3n) is 3.19. The van der Waals surface area contributed by atoms with E-state index in [9.17, 15) is 0 Å². The normalized spacial score (nSPS) is 10.2. The Morgan fingerprint density at radius 1 is 0.895 bits per heavy atom. The Bertz CT molecular complexity index is 492. The van der Waals surface area contributed by atoms with Crippen LogP contribution in [0.4, 0.5) is 5.69 Å². The Morgan fingerprint density at radius 3 is 2.32 bits per heavy atom. The lowest BCUT2D eigenvalue weighted by Crippen LogP contribution is -2.21. The van der Waals surface area contributed by atoms with E-state index < -0.39 is 0 Å². The SMILES string of the molecule is CCN(CC)c1cccc(COc2ccccc2)c1. The van der Waals surface area contributed by atoms with Crippen LogP contribution < -0.4 is 9.64 Å². The summed E-state index contributed by atoms with van der Waals surface area (Å²) in [6.07, 6.45) is 0. The lowest BCUT2D eigenvalue weighted by Gasteiger charge is -2.21. The molecule has 0 spiro atoms. The van der Waals surface area contributed by atoms with Crippen LogP contribution in [0.5, 0.6) is 5.75 Å². The van der Waals surface area contributed by atoms with Crippen LogP contribution >= 0.6 is 0 Å². The number of nitrogens with zero attached hydrogens (tertiary/aromatic N) is 1. The van der Waals surface area contributed by atoms with Crippen molar-refractivity contribution in [3.63, 3.8) is 0 Å². The van der Waals surface area contributed by atoms with Gasteiger partial charge in [-0.2, -0.15) is 0 Å². The molecule has 0 bridgehead atoms. The number of hydrogen-bond donors (Lipinski definition) is 0. The van der Waals surface area contributed by atoms with E-state index in [0.717, 1.165) is 18.8 Å². The molecule has 0 aliphatic rings. The number of hydrogen-bond acceptors (Lipinski definition) is 2. The molecule has 0 unspecified atom stereocenters. The number of anilines is 1. The molecule has 0 radical (unpaired) electrons. The molecule has 0 fully saturated rings. The molecule has 2 aromatic rings. The van der Waals surface area contributed by atoms with Crippen molar-refractivity contribution in [3.05, 3.63) is 60.2 Å². The summed E-state index contributed by atoms with van der Waals surface area (Å²) >= 11 is 0. The van der Waals surface area contributed by atoms with E-state index >= 15 is 0 Å². The van der Waals surface area contributed by atoms with Gasteiger partial charge in [-0.15, -0.1) is 0 Å². The van der Waals surface area contributed by atoms with Crippen LogP contribution in [-0.2, 0) is 6.61 Å². The minimum Gasteiger partial charge on any atom is -0.489 e. The average molecular weight is 255 g/mol. The van der Waals surface area contributed by atoms with Gasteiger partial charge in [0.15, 0.2) is 0 Å². The van der Waals surface area contributed by atoms with Gasteiger partial charge in [0.2, 0.25) is 0 Å². The van der Waals surface area contributed by atoms with Crippen molar-refractivity contribution in [1.82, 2.24) is 0 Å². The third-order valence-corrected chi connectivity index (χ3v) is 3.19. The molecule has 0 amide bonds. The number of rotatable bonds is 6. The van der Waals surface area contributed by atoms with Gasteiger partial charge in [-0.25, -0.2) is 0 Å². The smallest absolute Gasteiger partial charge is 0.119 e. The zero-order valence-electron chi connectivity index (χ0n) is 11.7. The van der Waals surface area contributed by atoms with Gasteiger partial charge in [-0.1, -0.05) is 30.3 Å². The highest BCUT2D eigenvalue weighted by Crippen LogP contribution is 2.18. The van der Waals surface area contributed by atoms with Crippen LogP contribution in [0.25, 0.3) is 0 Å². The van der Waals surface area contributed by atoms with Gasteiger partial charge in [0.25, 0.3) is 0 Å². The molecule has 2 aromatic carbocycles. The Labute approximate surface area is 115 Å². The van der Waals surface area contributed by atoms with E-state index in [4.69, 9.17) is 4.74 Å². The second kappa shape index (κ2) is 6.83. The number of ether oxygens (including phenoxy) is 1. The molecule has 0 N–H and O–H groups in total. The van der Waals surface area contributed by atoms with E-state index in [1.54, 1.807) is 0 Å². The van der Waals surface area contributed by atoms with Crippen LogP contribution in [0.1, 0.15) is 19.4 Å². The van der Waals surface area contributed by atoms with Crippen molar-refractivity contribution in [2.45, 2.75) is 20.5 Å². The molecule has 0 aliphatic heterocycles. The van der Waals surface area contributed by atoms with E-state index in [2.05, 4.69) is 43.0 Å². The molecule has 2 nitrogen and oxygen atoms in total. The zero-order chi connectivity index (χ0) is 13.5. The predicted octanol–water partition coefficient (Wildman–Crippen LogP) is 4.11. The quantitative estimate of drug-likeness (QED) is 0.770. The first-order valence-corrected chi connectivity index (χ1v) is 6.85. The zero-order valence-corrected chi connectivity index (χ0v) is 11.7. The van der Waals surface area contributed by atoms with Gasteiger partial charge in [0.05, 0.1) is 0 Å². The molecule has 0 saturated heterocycles. The first-order valence-electron chi connectivity index (χ1n) is 6.85. The Kier molecular flexibility index (Phi) is 4.85. The summed E-state index contributed by atoms with van der Waals surface area (Å²) in [6.45, 7) is 7.02. The molecule has 0 saturated carbocycles. The van der Waals surface area contributed by atoms with Crippen molar-refractivity contribution in [2.75, 3.05) is 18.0 Å². The van der Waals surface area contributed by atoms with Crippen molar-refractivity contribution < 1.29 is 4.74 Å². The second-order valence-corrected chi connectivity index (χ2v) is 4.44. The summed E-state index contributed by atoms with van der Waals surface area (Å²) in [5.74, 6) is 0.913. The van der Waals surface area contributed by atoms with Gasteiger partial charge in [0, 0.05) is 18.8 Å². The van der Waals surface area contributed by atoms with Crippen LogP contribution in [0, 0.1) is 0 Å². The van der Waals surface area contributed by atoms with E-state index in [-0.39, 0.29) is 0 Å². The molecule has 0 heterocycles. The number of benzene rings is 2. The largest absolute Gasteiger partial charge is 0.489 e. The van der Waals surface area contributed by atoms with Crippen molar-refractivity contribution in [1.29, 1.82) is 0 Å². The molecule has 2 heteroatoms. The van der Waals surface area contributed by atoms with Gasteiger partial charge in [-0.05, 0) is 43.7 Å². The Balaban J connectivity index is 2.03. The van der Waals surface area contributed by atoms with E-state index in [1.807, 2.05) is 30.3 Å². The van der Waals surface area contributed by atoms with Gasteiger partial charge < -0.3 is 9.64 Å². The highest BCUT2D eigenvalue weighted by Gasteiger charge is 2.03. The summed E-state index contributed by atoms with van der Waals surface area (Å²) < 4.78 is 5.78. The summed E-state index contributed by atoms with van der Waals surface area (Å²) in [5, 5.41) is 0. The molecular formula is C17H21NO. The minimum absolute atomic E-state index is 0.610. The molecule has 100 valence electrons. The highest BCUT2D eigenvalue weighted by atomic mass is 16.5. The lowest BCUT2D eigenvalue weighted by molar-refractivity contribution is 0.306. The van der Waals surface area contributed by atoms with E-state index in [0.29, 0.717) is 6.61 Å². The van der Waals surface area contributed by atoms with E-state index in [1.165, 1.54) is 11.3 Å². The molecule has 2 rings (SSSR count). The summed E-state index contributed by atoms with van der Waals surface area (Å²) in [4.78, 5) is 2.34. The maximum atomic E-state index is 5.78. The molecule has 19 heavy (non-hydrogen) atoms. The van der Waals surface area contributed by atoms with Crippen LogP contribution in [0.3, 0.4) is 0 Å². The fraction of sp³-hybridized carbons (Fsp3) is 0.294. The summed E-state index contributed by atoms with van der Waals surface area (Å²) in [6, 6.07) is 18.5. The second-order valence-electron chi connectivity index (χ2n) is 4.44. The maximum absolute atomic E-state index is 5.78. The van der Waals surface area contributed by atoms with Crippen molar-refractivity contribution in [3.8, 4) is 5.75 Å². The first kappa shape index (κ1) is 13.5. The van der Waals surface area contributed by atoms with Crippen molar-refractivity contribution >= 4 is 5.69 Å². The van der Waals surface area contributed by atoms with Crippen LogP contribution in [0.2, 0.25) is 0 Å². The topological polar surface area (TPSA) is 12.5 Å². The van der Waals surface area contributed by atoms with Crippen molar-refractivity contribution in [2.24, 2.45) is 0 Å². The molecular weight excluding hydrogens is 234 g/mol. The third kappa shape index (κ3) is 3.75. The minimum atomic E-state index is 0.610. The average Bonchev–Trinajstić information content (AvgIpc) is 2.48. The fourth-order valence-corrected chi connectivity index (χ4v) is 2.12. The number of para-hydroxylation sites is 1. The summed E-state index contributed by atoms with van der Waals surface area (Å²) in [7, 11) is 0. The molecule has 0 aliphatic carbocycles. The van der Waals surface area contributed by atoms with Crippen LogP contribution in [0.15, 0.2) is 54.6 Å². The Morgan fingerprint density at radius 2 is 1.63 bits per heavy atom.